The van der Waals surface area contributed by atoms with E-state index in [1.165, 1.54) is 0 Å². The molecule has 0 aromatic heterocycles. The zero-order valence-electron chi connectivity index (χ0n) is 9.33. The number of rotatable bonds is 5. The second kappa shape index (κ2) is 6.65. The Balaban J connectivity index is 2.49. The van der Waals surface area contributed by atoms with E-state index in [1.807, 2.05) is 18.2 Å². The highest BCUT2D eigenvalue weighted by atomic mass is 35.5. The van der Waals surface area contributed by atoms with Crippen molar-refractivity contribution in [2.75, 3.05) is 6.54 Å². The number of halogens is 1. The van der Waals surface area contributed by atoms with Crippen LogP contribution in [0.5, 0.6) is 0 Å². The predicted molar refractivity (Wildman–Crippen MR) is 68.2 cm³/mol. The molecule has 1 aromatic carbocycles. The van der Waals surface area contributed by atoms with Gasteiger partial charge in [0.1, 0.15) is 0 Å². The first-order valence-corrected chi connectivity index (χ1v) is 5.77. The monoisotopic (exact) mass is 223 g/mol. The van der Waals surface area contributed by atoms with Gasteiger partial charge in [-0.3, -0.25) is 0 Å². The lowest BCUT2D eigenvalue weighted by Gasteiger charge is -2.07. The van der Waals surface area contributed by atoms with Crippen molar-refractivity contribution in [2.24, 2.45) is 0 Å². The predicted octanol–water partition coefficient (Wildman–Crippen LogP) is 3.74. The average Bonchev–Trinajstić information content (AvgIpc) is 2.23. The van der Waals surface area contributed by atoms with E-state index in [9.17, 15) is 0 Å². The summed E-state index contributed by atoms with van der Waals surface area (Å²) in [6.45, 7) is 5.37. The van der Waals surface area contributed by atoms with Crippen LogP contribution in [0.1, 0.15) is 25.8 Å². The molecule has 0 radical (unpaired) electrons. The van der Waals surface area contributed by atoms with Crippen LogP contribution in [0.25, 0.3) is 6.08 Å². The van der Waals surface area contributed by atoms with Gasteiger partial charge in [0.15, 0.2) is 0 Å². The fraction of sp³-hybridized carbons (Fsp3) is 0.385. The molecule has 0 spiro atoms. The third-order valence-electron chi connectivity index (χ3n) is 2.14. The molecular formula is C13H18ClN. The second-order valence-electron chi connectivity index (χ2n) is 3.66. The summed E-state index contributed by atoms with van der Waals surface area (Å²) in [5.41, 5.74) is 1.15. The van der Waals surface area contributed by atoms with Gasteiger partial charge in [-0.05, 0) is 37.6 Å². The third-order valence-corrected chi connectivity index (χ3v) is 2.38. The molecular weight excluding hydrogens is 206 g/mol. The van der Waals surface area contributed by atoms with Gasteiger partial charge in [0.25, 0.3) is 0 Å². The highest BCUT2D eigenvalue weighted by Crippen LogP contribution is 2.11. The van der Waals surface area contributed by atoms with E-state index in [0.717, 1.165) is 23.6 Å². The van der Waals surface area contributed by atoms with Gasteiger partial charge in [-0.25, -0.2) is 0 Å². The van der Waals surface area contributed by atoms with E-state index < -0.39 is 0 Å². The zero-order valence-corrected chi connectivity index (χ0v) is 10.1. The lowest BCUT2D eigenvalue weighted by atomic mass is 10.2. The van der Waals surface area contributed by atoms with Crippen molar-refractivity contribution in [1.29, 1.82) is 0 Å². The van der Waals surface area contributed by atoms with E-state index >= 15 is 0 Å². The van der Waals surface area contributed by atoms with Crippen LogP contribution in [0.15, 0.2) is 30.3 Å². The van der Waals surface area contributed by atoms with Crippen LogP contribution in [0.4, 0.5) is 0 Å². The first kappa shape index (κ1) is 12.3. The molecule has 0 aliphatic carbocycles. The highest BCUT2D eigenvalue weighted by molar-refractivity contribution is 6.30. The van der Waals surface area contributed by atoms with Gasteiger partial charge in [-0.1, -0.05) is 42.8 Å². The molecule has 0 saturated carbocycles. The molecule has 0 bridgehead atoms. The van der Waals surface area contributed by atoms with Crippen LogP contribution in [0.2, 0.25) is 5.02 Å². The highest BCUT2D eigenvalue weighted by Gasteiger charge is 1.94. The molecule has 82 valence electrons. The van der Waals surface area contributed by atoms with Gasteiger partial charge in [0.2, 0.25) is 0 Å². The molecule has 0 aliphatic heterocycles. The van der Waals surface area contributed by atoms with E-state index in [1.54, 1.807) is 0 Å². The number of hydrogen-bond donors (Lipinski definition) is 1. The third kappa shape index (κ3) is 5.01. The molecule has 1 nitrogen and oxygen atoms in total. The summed E-state index contributed by atoms with van der Waals surface area (Å²) in [5, 5.41) is 4.18. The Morgan fingerprint density at radius 2 is 2.27 bits per heavy atom. The van der Waals surface area contributed by atoms with Crippen LogP contribution in [-0.4, -0.2) is 12.6 Å². The summed E-state index contributed by atoms with van der Waals surface area (Å²) in [7, 11) is 0. The standard InChI is InChI=1S/C13H18ClN/c1-3-9-15-11(2)7-8-12-5-4-6-13(14)10-12/h4-8,10-11,15H,3,9H2,1-2H3/b8-7+. The number of benzene rings is 1. The smallest absolute Gasteiger partial charge is 0.0411 e. The molecule has 1 aromatic rings. The Morgan fingerprint density at radius 3 is 2.93 bits per heavy atom. The van der Waals surface area contributed by atoms with Crippen molar-refractivity contribution in [3.63, 3.8) is 0 Å². The van der Waals surface area contributed by atoms with Crippen LogP contribution in [-0.2, 0) is 0 Å². The molecule has 15 heavy (non-hydrogen) atoms. The fourth-order valence-electron chi connectivity index (χ4n) is 1.31. The topological polar surface area (TPSA) is 12.0 Å². The molecule has 0 aliphatic rings. The number of hydrogen-bond acceptors (Lipinski definition) is 1. The molecule has 0 amide bonds. The summed E-state index contributed by atoms with van der Waals surface area (Å²) >= 11 is 5.89. The first-order chi connectivity index (χ1) is 7.22. The maximum atomic E-state index is 5.89. The van der Waals surface area contributed by atoms with Gasteiger partial charge in [-0.15, -0.1) is 0 Å². The molecule has 1 unspecified atom stereocenters. The molecule has 1 atom stereocenters. The maximum absolute atomic E-state index is 5.89. The largest absolute Gasteiger partial charge is 0.311 e. The Morgan fingerprint density at radius 1 is 1.47 bits per heavy atom. The minimum Gasteiger partial charge on any atom is -0.311 e. The maximum Gasteiger partial charge on any atom is 0.0411 e. The molecule has 0 fully saturated rings. The van der Waals surface area contributed by atoms with Crippen molar-refractivity contribution in [3.05, 3.63) is 40.9 Å². The summed E-state index contributed by atoms with van der Waals surface area (Å²) in [4.78, 5) is 0. The molecule has 0 saturated heterocycles. The Labute approximate surface area is 97.1 Å². The van der Waals surface area contributed by atoms with Crippen molar-refractivity contribution in [1.82, 2.24) is 5.32 Å². The van der Waals surface area contributed by atoms with Gasteiger partial charge < -0.3 is 5.32 Å². The fourth-order valence-corrected chi connectivity index (χ4v) is 1.50. The van der Waals surface area contributed by atoms with Crippen molar-refractivity contribution in [2.45, 2.75) is 26.3 Å². The normalized spacial score (nSPS) is 13.3. The second-order valence-corrected chi connectivity index (χ2v) is 4.09. The quantitative estimate of drug-likeness (QED) is 0.802. The average molecular weight is 224 g/mol. The van der Waals surface area contributed by atoms with Crippen molar-refractivity contribution < 1.29 is 0 Å². The van der Waals surface area contributed by atoms with Crippen LogP contribution in [0.3, 0.4) is 0 Å². The summed E-state index contributed by atoms with van der Waals surface area (Å²) in [6.07, 6.45) is 5.41. The van der Waals surface area contributed by atoms with E-state index in [-0.39, 0.29) is 0 Å². The van der Waals surface area contributed by atoms with Gasteiger partial charge in [0, 0.05) is 11.1 Å². The Hall–Kier alpha value is -0.790. The lowest BCUT2D eigenvalue weighted by molar-refractivity contribution is 0.625. The molecule has 1 rings (SSSR count). The summed E-state index contributed by atoms with van der Waals surface area (Å²) < 4.78 is 0. The lowest BCUT2D eigenvalue weighted by Crippen LogP contribution is -2.24. The van der Waals surface area contributed by atoms with Crippen LogP contribution < -0.4 is 5.32 Å². The Bertz CT molecular complexity index is 320. The zero-order chi connectivity index (χ0) is 11.1. The molecule has 0 heterocycles. The summed E-state index contributed by atoms with van der Waals surface area (Å²) in [6, 6.07) is 8.27. The van der Waals surface area contributed by atoms with E-state index in [4.69, 9.17) is 11.6 Å². The SMILES string of the molecule is CCCNC(C)/C=C/c1cccc(Cl)c1. The molecule has 1 N–H and O–H groups in total. The molecule has 2 heteroatoms. The van der Waals surface area contributed by atoms with E-state index in [2.05, 4.69) is 37.4 Å². The van der Waals surface area contributed by atoms with Crippen molar-refractivity contribution in [3.8, 4) is 0 Å². The first-order valence-electron chi connectivity index (χ1n) is 5.39. The minimum atomic E-state index is 0.406. The van der Waals surface area contributed by atoms with Crippen LogP contribution in [0, 0.1) is 0 Å². The summed E-state index contributed by atoms with van der Waals surface area (Å²) in [5.74, 6) is 0. The number of nitrogens with one attached hydrogen (secondary N) is 1. The van der Waals surface area contributed by atoms with Crippen molar-refractivity contribution >= 4 is 17.7 Å². The van der Waals surface area contributed by atoms with Gasteiger partial charge >= 0.3 is 0 Å². The van der Waals surface area contributed by atoms with Gasteiger partial charge in [-0.2, -0.15) is 0 Å². The van der Waals surface area contributed by atoms with E-state index in [0.29, 0.717) is 6.04 Å². The van der Waals surface area contributed by atoms with Crippen LogP contribution >= 0.6 is 11.6 Å². The minimum absolute atomic E-state index is 0.406. The van der Waals surface area contributed by atoms with Gasteiger partial charge in [0.05, 0.1) is 0 Å². The Kier molecular flexibility index (Phi) is 5.44.